The number of furan rings is 1. The summed E-state index contributed by atoms with van der Waals surface area (Å²) in [5, 5.41) is 15.5. The number of benzene rings is 2. The Labute approximate surface area is 208 Å². The quantitative estimate of drug-likeness (QED) is 0.265. The van der Waals surface area contributed by atoms with Crippen LogP contribution in [0, 0.1) is 0 Å². The molecule has 0 aliphatic carbocycles. The molecular formula is C24H18ClN5O2S2. The standard InChI is InChI=1S/C24H18ClN5O2S2/c25-17-8-4-9-18(12-17)30-22(20-10-5-11-32-20)28-29-24(30)34-15-21-27-19(14-33-21)23(31)26-13-16-6-2-1-3-7-16/h1-12,14H,13,15H2,(H,26,31). The lowest BCUT2D eigenvalue weighted by atomic mass is 10.2. The van der Waals surface area contributed by atoms with Crippen LogP contribution < -0.4 is 5.32 Å². The summed E-state index contributed by atoms with van der Waals surface area (Å²) in [4.78, 5) is 17.0. The number of rotatable bonds is 8. The van der Waals surface area contributed by atoms with Crippen LogP contribution in [0.3, 0.4) is 0 Å². The number of aromatic nitrogens is 4. The number of carbonyl (C=O) groups excluding carboxylic acids is 1. The number of nitrogens with one attached hydrogen (secondary N) is 1. The molecule has 0 aliphatic rings. The summed E-state index contributed by atoms with van der Waals surface area (Å²) >= 11 is 9.14. The monoisotopic (exact) mass is 507 g/mol. The summed E-state index contributed by atoms with van der Waals surface area (Å²) in [5.41, 5.74) is 2.27. The van der Waals surface area contributed by atoms with Crippen LogP contribution >= 0.6 is 34.7 Å². The van der Waals surface area contributed by atoms with E-state index in [2.05, 4.69) is 20.5 Å². The molecule has 0 radical (unpaired) electrons. The van der Waals surface area contributed by atoms with E-state index in [1.54, 1.807) is 17.7 Å². The Bertz CT molecular complexity index is 1400. The van der Waals surface area contributed by atoms with E-state index in [9.17, 15) is 4.79 Å². The zero-order valence-electron chi connectivity index (χ0n) is 17.7. The van der Waals surface area contributed by atoms with Crippen LogP contribution in [0.2, 0.25) is 5.02 Å². The van der Waals surface area contributed by atoms with Gasteiger partial charge in [-0.05, 0) is 35.9 Å². The highest BCUT2D eigenvalue weighted by atomic mass is 35.5. The molecule has 34 heavy (non-hydrogen) atoms. The van der Waals surface area contributed by atoms with Gasteiger partial charge in [-0.25, -0.2) is 4.98 Å². The van der Waals surface area contributed by atoms with Crippen molar-refractivity contribution < 1.29 is 9.21 Å². The summed E-state index contributed by atoms with van der Waals surface area (Å²) < 4.78 is 7.45. The molecular weight excluding hydrogens is 490 g/mol. The van der Waals surface area contributed by atoms with Gasteiger partial charge in [0.15, 0.2) is 10.9 Å². The van der Waals surface area contributed by atoms with Gasteiger partial charge in [0, 0.05) is 16.9 Å². The Morgan fingerprint density at radius 2 is 1.97 bits per heavy atom. The molecule has 5 rings (SSSR count). The zero-order valence-corrected chi connectivity index (χ0v) is 20.1. The van der Waals surface area contributed by atoms with E-state index >= 15 is 0 Å². The van der Waals surface area contributed by atoms with Crippen LogP contribution in [0.5, 0.6) is 0 Å². The fourth-order valence-electron chi connectivity index (χ4n) is 3.25. The number of carbonyl (C=O) groups is 1. The van der Waals surface area contributed by atoms with Crippen molar-refractivity contribution in [2.45, 2.75) is 17.5 Å². The highest BCUT2D eigenvalue weighted by Crippen LogP contribution is 2.31. The zero-order chi connectivity index (χ0) is 23.3. The maximum atomic E-state index is 12.5. The molecule has 0 unspecified atom stereocenters. The highest BCUT2D eigenvalue weighted by molar-refractivity contribution is 7.98. The normalized spacial score (nSPS) is 11.0. The lowest BCUT2D eigenvalue weighted by Gasteiger charge is -2.09. The van der Waals surface area contributed by atoms with Crippen molar-refractivity contribution in [3.05, 3.63) is 99.7 Å². The molecule has 0 saturated carbocycles. The number of nitrogens with zero attached hydrogens (tertiary/aromatic N) is 4. The Morgan fingerprint density at radius 3 is 2.76 bits per heavy atom. The third-order valence-corrected chi connectivity index (χ3v) is 7.05. The third kappa shape index (κ3) is 5.06. The minimum Gasteiger partial charge on any atom is -0.461 e. The number of amides is 1. The minimum atomic E-state index is -0.196. The van der Waals surface area contributed by atoms with Crippen molar-refractivity contribution in [1.29, 1.82) is 0 Å². The van der Waals surface area contributed by atoms with E-state index < -0.39 is 0 Å². The van der Waals surface area contributed by atoms with E-state index in [0.29, 0.717) is 39.8 Å². The molecule has 2 aromatic carbocycles. The Hall–Kier alpha value is -3.40. The average Bonchev–Trinajstić information content (AvgIpc) is 3.62. The molecule has 7 nitrogen and oxygen atoms in total. The molecule has 0 atom stereocenters. The lowest BCUT2D eigenvalue weighted by molar-refractivity contribution is 0.0946. The van der Waals surface area contributed by atoms with Crippen molar-refractivity contribution in [2.75, 3.05) is 0 Å². The summed E-state index contributed by atoms with van der Waals surface area (Å²) in [6.07, 6.45) is 1.60. The van der Waals surface area contributed by atoms with Crippen molar-refractivity contribution in [2.24, 2.45) is 0 Å². The van der Waals surface area contributed by atoms with Gasteiger partial charge in [-0.15, -0.1) is 21.5 Å². The van der Waals surface area contributed by atoms with E-state index in [1.807, 2.05) is 65.2 Å². The van der Waals surface area contributed by atoms with Crippen LogP contribution in [0.25, 0.3) is 17.3 Å². The maximum Gasteiger partial charge on any atom is 0.271 e. The van der Waals surface area contributed by atoms with E-state index in [0.717, 1.165) is 16.3 Å². The number of halogens is 1. The second-order valence-corrected chi connectivity index (χ2v) is 9.50. The summed E-state index contributed by atoms with van der Waals surface area (Å²) in [7, 11) is 0. The predicted molar refractivity (Wildman–Crippen MR) is 133 cm³/mol. The molecule has 1 amide bonds. The SMILES string of the molecule is O=C(NCc1ccccc1)c1csc(CSc2nnc(-c3ccco3)n2-c2cccc(Cl)c2)n1. The van der Waals surface area contributed by atoms with Crippen LogP contribution in [0.4, 0.5) is 0 Å². The Balaban J connectivity index is 1.31. The first-order chi connectivity index (χ1) is 16.7. The molecule has 0 saturated heterocycles. The molecule has 3 heterocycles. The summed E-state index contributed by atoms with van der Waals surface area (Å²) in [5.74, 6) is 1.52. The summed E-state index contributed by atoms with van der Waals surface area (Å²) in [6, 6.07) is 20.9. The van der Waals surface area contributed by atoms with Crippen LogP contribution in [-0.4, -0.2) is 25.7 Å². The average molecular weight is 508 g/mol. The first kappa shape index (κ1) is 22.4. The molecule has 10 heteroatoms. The lowest BCUT2D eigenvalue weighted by Crippen LogP contribution is -2.23. The second-order valence-electron chi connectivity index (χ2n) is 7.18. The van der Waals surface area contributed by atoms with Crippen molar-refractivity contribution in [3.8, 4) is 17.3 Å². The first-order valence-corrected chi connectivity index (χ1v) is 12.6. The molecule has 0 aliphatic heterocycles. The number of hydrogen-bond donors (Lipinski definition) is 1. The summed E-state index contributed by atoms with van der Waals surface area (Å²) in [6.45, 7) is 0.458. The fourth-order valence-corrected chi connectivity index (χ4v) is 5.18. The van der Waals surface area contributed by atoms with Gasteiger partial charge in [0.2, 0.25) is 5.82 Å². The molecule has 0 bridgehead atoms. The second kappa shape index (κ2) is 10.3. The number of thioether (sulfide) groups is 1. The van der Waals surface area contributed by atoms with Crippen LogP contribution in [0.15, 0.2) is 87.9 Å². The maximum absolute atomic E-state index is 12.5. The van der Waals surface area contributed by atoms with E-state index in [1.165, 1.54) is 23.1 Å². The first-order valence-electron chi connectivity index (χ1n) is 10.3. The van der Waals surface area contributed by atoms with Gasteiger partial charge in [-0.3, -0.25) is 9.36 Å². The minimum absolute atomic E-state index is 0.196. The van der Waals surface area contributed by atoms with Gasteiger partial charge in [0.1, 0.15) is 10.7 Å². The van der Waals surface area contributed by atoms with Crippen LogP contribution in [0.1, 0.15) is 21.1 Å². The van der Waals surface area contributed by atoms with Gasteiger partial charge in [0.25, 0.3) is 5.91 Å². The van der Waals surface area contributed by atoms with E-state index in [-0.39, 0.29) is 5.91 Å². The molecule has 1 N–H and O–H groups in total. The number of thiazole rings is 1. The van der Waals surface area contributed by atoms with Crippen molar-refractivity contribution in [3.63, 3.8) is 0 Å². The molecule has 0 spiro atoms. The van der Waals surface area contributed by atoms with E-state index in [4.69, 9.17) is 16.0 Å². The topological polar surface area (TPSA) is 85.8 Å². The Kier molecular flexibility index (Phi) is 6.75. The predicted octanol–water partition coefficient (Wildman–Crippen LogP) is 5.86. The molecule has 170 valence electrons. The molecule has 0 fully saturated rings. The van der Waals surface area contributed by atoms with Gasteiger partial charge in [-0.2, -0.15) is 0 Å². The third-order valence-electron chi connectivity index (χ3n) is 4.85. The largest absolute Gasteiger partial charge is 0.461 e. The fraction of sp³-hybridized carbons (Fsp3) is 0.0833. The van der Waals surface area contributed by atoms with Gasteiger partial charge in [0.05, 0.1) is 17.7 Å². The van der Waals surface area contributed by atoms with Crippen LogP contribution in [-0.2, 0) is 12.3 Å². The van der Waals surface area contributed by atoms with Gasteiger partial charge >= 0.3 is 0 Å². The van der Waals surface area contributed by atoms with Crippen molar-refractivity contribution in [1.82, 2.24) is 25.1 Å². The number of hydrogen-bond acceptors (Lipinski definition) is 7. The van der Waals surface area contributed by atoms with Gasteiger partial charge < -0.3 is 9.73 Å². The smallest absolute Gasteiger partial charge is 0.271 e. The van der Waals surface area contributed by atoms with Gasteiger partial charge in [-0.1, -0.05) is 59.8 Å². The Morgan fingerprint density at radius 1 is 1.09 bits per heavy atom. The molecule has 3 aromatic heterocycles. The van der Waals surface area contributed by atoms with Crippen molar-refractivity contribution >= 4 is 40.6 Å². The molecule has 5 aromatic rings. The highest BCUT2D eigenvalue weighted by Gasteiger charge is 2.19.